The van der Waals surface area contributed by atoms with Crippen LogP contribution in [0, 0.1) is 11.6 Å². The smallest absolute Gasteiger partial charge is 0.325 e. The van der Waals surface area contributed by atoms with E-state index in [9.17, 15) is 26.8 Å². The Labute approximate surface area is 162 Å². The predicted octanol–water partition coefficient (Wildman–Crippen LogP) is 0.949. The minimum absolute atomic E-state index is 0.00184. The lowest BCUT2D eigenvalue weighted by molar-refractivity contribution is -0.129. The summed E-state index contributed by atoms with van der Waals surface area (Å²) in [5, 5.41) is 2.63. The van der Waals surface area contributed by atoms with Crippen LogP contribution in [0.15, 0.2) is 23.1 Å². The molecule has 0 aliphatic carbocycles. The molecule has 2 saturated heterocycles. The number of piperazine rings is 1. The molecule has 1 atom stereocenters. The highest BCUT2D eigenvalue weighted by Gasteiger charge is 2.39. The minimum Gasteiger partial charge on any atom is -0.326 e. The van der Waals surface area contributed by atoms with Gasteiger partial charge in [-0.2, -0.15) is 4.31 Å². The van der Waals surface area contributed by atoms with Crippen LogP contribution in [0.1, 0.15) is 19.8 Å². The molecule has 2 heterocycles. The van der Waals surface area contributed by atoms with Gasteiger partial charge in [0.1, 0.15) is 17.7 Å². The zero-order valence-electron chi connectivity index (χ0n) is 15.4. The SMILES string of the molecule is CCCC1NC(=O)N(CN2CCN(S(=O)(=O)c3c(F)cccc3F)CC2)C1=O. The predicted molar refractivity (Wildman–Crippen MR) is 95.6 cm³/mol. The zero-order valence-corrected chi connectivity index (χ0v) is 16.2. The van der Waals surface area contributed by atoms with Gasteiger partial charge in [-0.25, -0.2) is 26.9 Å². The fraction of sp³-hybridized carbons (Fsp3) is 0.529. The van der Waals surface area contributed by atoms with Crippen LogP contribution in [0.2, 0.25) is 0 Å². The molecule has 1 unspecified atom stereocenters. The van der Waals surface area contributed by atoms with Gasteiger partial charge in [-0.3, -0.25) is 9.69 Å². The molecule has 3 amide bonds. The van der Waals surface area contributed by atoms with Crippen molar-refractivity contribution in [3.05, 3.63) is 29.8 Å². The molecule has 3 rings (SSSR count). The summed E-state index contributed by atoms with van der Waals surface area (Å²) >= 11 is 0. The summed E-state index contributed by atoms with van der Waals surface area (Å²) in [6.07, 6.45) is 1.31. The Morgan fingerprint density at radius 1 is 1.11 bits per heavy atom. The molecule has 0 radical (unpaired) electrons. The van der Waals surface area contributed by atoms with Crippen LogP contribution in [0.25, 0.3) is 0 Å². The van der Waals surface area contributed by atoms with E-state index in [2.05, 4.69) is 5.32 Å². The molecule has 2 aliphatic rings. The standard InChI is InChI=1S/C17H22F2N4O4S/c1-2-4-14-16(24)23(17(25)20-14)11-21-7-9-22(10-8-21)28(26,27)15-12(18)5-3-6-13(15)19/h3,5-6,14H,2,4,7-11H2,1H3,(H,20,25). The van der Waals surface area contributed by atoms with Gasteiger partial charge in [0, 0.05) is 26.2 Å². The summed E-state index contributed by atoms with van der Waals surface area (Å²) < 4.78 is 54.0. The maximum Gasteiger partial charge on any atom is 0.325 e. The molecule has 8 nitrogen and oxygen atoms in total. The number of nitrogens with zero attached hydrogens (tertiary/aromatic N) is 3. The summed E-state index contributed by atoms with van der Waals surface area (Å²) in [6.45, 7) is 2.42. The van der Waals surface area contributed by atoms with Crippen molar-refractivity contribution in [1.82, 2.24) is 19.4 Å². The molecular weight excluding hydrogens is 394 g/mol. The quantitative estimate of drug-likeness (QED) is 0.698. The molecule has 0 saturated carbocycles. The number of hydrogen-bond acceptors (Lipinski definition) is 5. The highest BCUT2D eigenvalue weighted by Crippen LogP contribution is 2.24. The summed E-state index contributed by atoms with van der Waals surface area (Å²) in [6, 6.07) is 1.91. The zero-order chi connectivity index (χ0) is 20.5. The summed E-state index contributed by atoms with van der Waals surface area (Å²) in [5.74, 6) is -2.57. The van der Waals surface area contributed by atoms with Gasteiger partial charge in [-0.15, -0.1) is 0 Å². The van der Waals surface area contributed by atoms with Crippen LogP contribution < -0.4 is 5.32 Å². The maximum absolute atomic E-state index is 13.9. The summed E-state index contributed by atoms with van der Waals surface area (Å²) in [5.41, 5.74) is 0. The van der Waals surface area contributed by atoms with Gasteiger partial charge in [0.15, 0.2) is 4.90 Å². The van der Waals surface area contributed by atoms with Crippen molar-refractivity contribution in [3.63, 3.8) is 0 Å². The topological polar surface area (TPSA) is 90.0 Å². The minimum atomic E-state index is -4.31. The molecule has 2 aliphatic heterocycles. The van der Waals surface area contributed by atoms with Crippen molar-refractivity contribution in [3.8, 4) is 0 Å². The van der Waals surface area contributed by atoms with Crippen molar-refractivity contribution in [2.24, 2.45) is 0 Å². The van der Waals surface area contributed by atoms with E-state index in [1.54, 1.807) is 4.90 Å². The van der Waals surface area contributed by atoms with Gasteiger partial charge in [0.25, 0.3) is 5.91 Å². The van der Waals surface area contributed by atoms with E-state index in [0.717, 1.165) is 33.8 Å². The third-order valence-electron chi connectivity index (χ3n) is 4.87. The molecule has 154 valence electrons. The third kappa shape index (κ3) is 3.87. The third-order valence-corrected chi connectivity index (χ3v) is 6.82. The Kier molecular flexibility index (Phi) is 5.96. The van der Waals surface area contributed by atoms with Crippen LogP contribution in [-0.4, -0.2) is 73.4 Å². The van der Waals surface area contributed by atoms with Crippen molar-refractivity contribution in [2.75, 3.05) is 32.8 Å². The van der Waals surface area contributed by atoms with Crippen molar-refractivity contribution >= 4 is 22.0 Å². The first-order chi connectivity index (χ1) is 13.3. The Morgan fingerprint density at radius 3 is 2.29 bits per heavy atom. The van der Waals surface area contributed by atoms with E-state index in [0.29, 0.717) is 6.42 Å². The monoisotopic (exact) mass is 416 g/mol. The van der Waals surface area contributed by atoms with Crippen LogP contribution in [0.5, 0.6) is 0 Å². The second-order valence-electron chi connectivity index (χ2n) is 6.77. The Bertz CT molecular complexity index is 852. The van der Waals surface area contributed by atoms with Crippen LogP contribution in [0.4, 0.5) is 13.6 Å². The van der Waals surface area contributed by atoms with Gasteiger partial charge in [-0.1, -0.05) is 19.4 Å². The largest absolute Gasteiger partial charge is 0.326 e. The number of benzene rings is 1. The van der Waals surface area contributed by atoms with Gasteiger partial charge >= 0.3 is 6.03 Å². The number of urea groups is 1. The first-order valence-electron chi connectivity index (χ1n) is 9.04. The number of carbonyl (C=O) groups excluding carboxylic acids is 2. The molecule has 2 fully saturated rings. The van der Waals surface area contributed by atoms with E-state index in [1.807, 2.05) is 6.92 Å². The van der Waals surface area contributed by atoms with Crippen LogP contribution in [0.3, 0.4) is 0 Å². The summed E-state index contributed by atoms with van der Waals surface area (Å²) in [7, 11) is -4.31. The molecule has 0 spiro atoms. The fourth-order valence-corrected chi connectivity index (χ4v) is 4.90. The Balaban J connectivity index is 1.63. The van der Waals surface area contributed by atoms with E-state index in [1.165, 1.54) is 0 Å². The highest BCUT2D eigenvalue weighted by atomic mass is 32.2. The fourth-order valence-electron chi connectivity index (χ4n) is 3.36. The molecule has 11 heteroatoms. The molecule has 28 heavy (non-hydrogen) atoms. The number of halogens is 2. The first kappa shape index (κ1) is 20.6. The lowest BCUT2D eigenvalue weighted by atomic mass is 10.2. The van der Waals surface area contributed by atoms with E-state index in [4.69, 9.17) is 0 Å². The highest BCUT2D eigenvalue weighted by molar-refractivity contribution is 7.89. The van der Waals surface area contributed by atoms with Gasteiger partial charge in [0.05, 0.1) is 6.67 Å². The average Bonchev–Trinajstić information content (AvgIpc) is 2.90. The number of imide groups is 1. The maximum atomic E-state index is 13.9. The lowest BCUT2D eigenvalue weighted by Crippen LogP contribution is -2.52. The second kappa shape index (κ2) is 8.10. The van der Waals surface area contributed by atoms with E-state index < -0.39 is 38.6 Å². The second-order valence-corrected chi connectivity index (χ2v) is 8.65. The van der Waals surface area contributed by atoms with Crippen molar-refractivity contribution in [2.45, 2.75) is 30.7 Å². The Morgan fingerprint density at radius 2 is 1.71 bits per heavy atom. The number of rotatable bonds is 6. The van der Waals surface area contributed by atoms with Crippen molar-refractivity contribution < 1.29 is 26.8 Å². The molecule has 0 bridgehead atoms. The molecular formula is C17H22F2N4O4S. The van der Waals surface area contributed by atoms with Crippen molar-refractivity contribution in [1.29, 1.82) is 0 Å². The normalized spacial score (nSPS) is 22.0. The number of amides is 3. The average molecular weight is 416 g/mol. The van der Waals surface area contributed by atoms with Crippen LogP contribution >= 0.6 is 0 Å². The van der Waals surface area contributed by atoms with Gasteiger partial charge in [0.2, 0.25) is 10.0 Å². The number of hydrogen-bond donors (Lipinski definition) is 1. The molecule has 0 aromatic heterocycles. The number of sulfonamides is 1. The number of carbonyl (C=O) groups is 2. The van der Waals surface area contributed by atoms with E-state index >= 15 is 0 Å². The van der Waals surface area contributed by atoms with Crippen LogP contribution in [-0.2, 0) is 14.8 Å². The van der Waals surface area contributed by atoms with Gasteiger partial charge in [-0.05, 0) is 18.6 Å². The Hall–Kier alpha value is -2.11. The van der Waals surface area contributed by atoms with Gasteiger partial charge < -0.3 is 5.32 Å². The van der Waals surface area contributed by atoms with E-state index in [-0.39, 0.29) is 38.8 Å². The molecule has 1 aromatic rings. The summed E-state index contributed by atoms with van der Waals surface area (Å²) in [4.78, 5) is 26.2. The molecule has 1 aromatic carbocycles. The first-order valence-corrected chi connectivity index (χ1v) is 10.5. The lowest BCUT2D eigenvalue weighted by Gasteiger charge is -2.35. The number of nitrogens with one attached hydrogen (secondary N) is 1. The molecule has 1 N–H and O–H groups in total.